The van der Waals surface area contributed by atoms with Crippen molar-refractivity contribution in [3.8, 4) is 11.3 Å². The van der Waals surface area contributed by atoms with Crippen LogP contribution in [0.15, 0.2) is 40.9 Å². The molecule has 140 valence electrons. The maximum atomic E-state index is 12.4. The molecule has 1 amide bonds. The summed E-state index contributed by atoms with van der Waals surface area (Å²) in [5.74, 6) is -0.772. The zero-order chi connectivity index (χ0) is 18.7. The summed E-state index contributed by atoms with van der Waals surface area (Å²) >= 11 is 0. The van der Waals surface area contributed by atoms with Gasteiger partial charge in [0.1, 0.15) is 5.69 Å². The van der Waals surface area contributed by atoms with E-state index in [0.29, 0.717) is 5.69 Å². The first-order chi connectivity index (χ1) is 12.4. The highest BCUT2D eigenvalue weighted by atomic mass is 32.2. The SMILES string of the molecule is CN(C)S(=O)(=O)C[C@@H]1COC[C@@H]1NC(=O)c1cc(-c2ccccc2)no1. The largest absolute Gasteiger partial charge is 0.379 e. The first kappa shape index (κ1) is 18.6. The van der Waals surface area contributed by atoms with Crippen LogP contribution >= 0.6 is 0 Å². The number of rotatable bonds is 6. The lowest BCUT2D eigenvalue weighted by Gasteiger charge is -2.20. The van der Waals surface area contributed by atoms with E-state index < -0.39 is 22.0 Å². The molecule has 1 aliphatic heterocycles. The number of nitrogens with zero attached hydrogens (tertiary/aromatic N) is 2. The molecule has 1 aliphatic rings. The molecule has 0 unspecified atom stereocenters. The second-order valence-electron chi connectivity index (χ2n) is 6.38. The number of hydrogen-bond donors (Lipinski definition) is 1. The van der Waals surface area contributed by atoms with Crippen LogP contribution in [0.25, 0.3) is 11.3 Å². The Morgan fingerprint density at radius 3 is 2.69 bits per heavy atom. The summed E-state index contributed by atoms with van der Waals surface area (Å²) in [6.07, 6.45) is 0. The maximum Gasteiger partial charge on any atom is 0.290 e. The number of benzene rings is 1. The quantitative estimate of drug-likeness (QED) is 0.803. The monoisotopic (exact) mass is 379 g/mol. The molecule has 1 fully saturated rings. The Kier molecular flexibility index (Phi) is 5.40. The van der Waals surface area contributed by atoms with Crippen molar-refractivity contribution in [2.45, 2.75) is 6.04 Å². The van der Waals surface area contributed by atoms with Crippen molar-refractivity contribution in [3.05, 3.63) is 42.2 Å². The van der Waals surface area contributed by atoms with E-state index in [0.717, 1.165) is 5.56 Å². The van der Waals surface area contributed by atoms with Crippen molar-refractivity contribution in [1.82, 2.24) is 14.8 Å². The number of sulfonamides is 1. The van der Waals surface area contributed by atoms with Gasteiger partial charge in [-0.25, -0.2) is 12.7 Å². The third kappa shape index (κ3) is 4.12. The van der Waals surface area contributed by atoms with Gasteiger partial charge in [0.05, 0.1) is 25.0 Å². The zero-order valence-electron chi connectivity index (χ0n) is 14.6. The van der Waals surface area contributed by atoms with Gasteiger partial charge >= 0.3 is 0 Å². The molecular weight excluding hydrogens is 358 g/mol. The Hall–Kier alpha value is -2.23. The Bertz CT molecular complexity index is 864. The molecule has 3 rings (SSSR count). The van der Waals surface area contributed by atoms with Crippen molar-refractivity contribution in [1.29, 1.82) is 0 Å². The highest BCUT2D eigenvalue weighted by Crippen LogP contribution is 2.20. The minimum Gasteiger partial charge on any atom is -0.379 e. The van der Waals surface area contributed by atoms with Crippen molar-refractivity contribution in [2.24, 2.45) is 5.92 Å². The fraction of sp³-hybridized carbons (Fsp3) is 0.412. The molecule has 0 radical (unpaired) electrons. The predicted molar refractivity (Wildman–Crippen MR) is 95.0 cm³/mol. The van der Waals surface area contributed by atoms with Gasteiger partial charge in [-0.05, 0) is 0 Å². The highest BCUT2D eigenvalue weighted by molar-refractivity contribution is 7.89. The molecule has 0 saturated carbocycles. The van der Waals surface area contributed by atoms with Gasteiger partial charge in [0.2, 0.25) is 15.8 Å². The van der Waals surface area contributed by atoms with Gasteiger partial charge < -0.3 is 14.6 Å². The van der Waals surface area contributed by atoms with Crippen LogP contribution in [0.5, 0.6) is 0 Å². The van der Waals surface area contributed by atoms with Crippen LogP contribution in [0.1, 0.15) is 10.6 Å². The fourth-order valence-corrected chi connectivity index (χ4v) is 3.88. The van der Waals surface area contributed by atoms with E-state index in [1.165, 1.54) is 18.4 Å². The Morgan fingerprint density at radius 2 is 2.00 bits per heavy atom. The normalized spacial score (nSPS) is 20.4. The molecular formula is C17H21N3O5S. The smallest absolute Gasteiger partial charge is 0.290 e. The second-order valence-corrected chi connectivity index (χ2v) is 8.61. The molecule has 0 spiro atoms. The molecule has 9 heteroatoms. The number of amides is 1. The summed E-state index contributed by atoms with van der Waals surface area (Å²) in [6, 6.07) is 10.5. The van der Waals surface area contributed by atoms with Crippen LogP contribution in [0.2, 0.25) is 0 Å². The predicted octanol–water partition coefficient (Wildman–Crippen LogP) is 0.978. The van der Waals surface area contributed by atoms with Gasteiger partial charge in [-0.3, -0.25) is 4.79 Å². The lowest BCUT2D eigenvalue weighted by Crippen LogP contribution is -2.43. The third-order valence-electron chi connectivity index (χ3n) is 4.30. The molecule has 2 atom stereocenters. The number of ether oxygens (including phenoxy) is 1. The minimum absolute atomic E-state index is 0.0740. The topological polar surface area (TPSA) is 102 Å². The van der Waals surface area contributed by atoms with Gasteiger partial charge in [-0.15, -0.1) is 0 Å². The van der Waals surface area contributed by atoms with Gasteiger partial charge in [-0.2, -0.15) is 0 Å². The average Bonchev–Trinajstić information content (AvgIpc) is 3.25. The average molecular weight is 379 g/mol. The van der Waals surface area contributed by atoms with Crippen molar-refractivity contribution in [3.63, 3.8) is 0 Å². The second kappa shape index (κ2) is 7.56. The summed E-state index contributed by atoms with van der Waals surface area (Å²) in [5, 5.41) is 6.70. The zero-order valence-corrected chi connectivity index (χ0v) is 15.4. The maximum absolute atomic E-state index is 12.4. The number of aromatic nitrogens is 1. The number of hydrogen-bond acceptors (Lipinski definition) is 6. The molecule has 1 N–H and O–H groups in total. The summed E-state index contributed by atoms with van der Waals surface area (Å²) in [5.41, 5.74) is 1.40. The van der Waals surface area contributed by atoms with E-state index in [9.17, 15) is 13.2 Å². The molecule has 26 heavy (non-hydrogen) atoms. The lowest BCUT2D eigenvalue weighted by molar-refractivity contribution is 0.0889. The van der Waals surface area contributed by atoms with Crippen molar-refractivity contribution >= 4 is 15.9 Å². The standard InChI is InChI=1S/C17H21N3O5S/c1-20(2)26(22,23)11-13-9-24-10-15(13)18-17(21)16-8-14(19-25-16)12-6-4-3-5-7-12/h3-8,13,15H,9-11H2,1-2H3,(H,18,21)/t13-,15-/m0/s1. The van der Waals surface area contributed by atoms with E-state index in [2.05, 4.69) is 10.5 Å². The van der Waals surface area contributed by atoms with Crippen molar-refractivity contribution in [2.75, 3.05) is 33.1 Å². The lowest BCUT2D eigenvalue weighted by atomic mass is 10.1. The van der Waals surface area contributed by atoms with E-state index in [4.69, 9.17) is 9.26 Å². The molecule has 1 aromatic carbocycles. The molecule has 8 nitrogen and oxygen atoms in total. The van der Waals surface area contributed by atoms with Gasteiger partial charge in [0.15, 0.2) is 0 Å². The van der Waals surface area contributed by atoms with E-state index in [1.54, 1.807) is 6.07 Å². The highest BCUT2D eigenvalue weighted by Gasteiger charge is 2.34. The first-order valence-corrected chi connectivity index (χ1v) is 9.78. The van der Waals surface area contributed by atoms with Crippen molar-refractivity contribution < 1.29 is 22.5 Å². The number of carbonyl (C=O) groups is 1. The summed E-state index contributed by atoms with van der Waals surface area (Å²) in [6.45, 7) is 0.544. The Labute approximate surface area is 152 Å². The van der Waals surface area contributed by atoms with Gasteiger partial charge in [-0.1, -0.05) is 35.5 Å². The van der Waals surface area contributed by atoms with E-state index in [-0.39, 0.29) is 30.6 Å². The number of nitrogens with one attached hydrogen (secondary N) is 1. The fourth-order valence-electron chi connectivity index (χ4n) is 2.71. The summed E-state index contributed by atoms with van der Waals surface area (Å²) < 4.78 is 35.8. The van der Waals surface area contributed by atoms with Crippen LogP contribution in [0, 0.1) is 5.92 Å². The van der Waals surface area contributed by atoms with E-state index >= 15 is 0 Å². The van der Waals surface area contributed by atoms with Crippen LogP contribution in [-0.4, -0.2) is 62.9 Å². The molecule has 1 saturated heterocycles. The number of carbonyl (C=O) groups excluding carboxylic acids is 1. The minimum atomic E-state index is -3.38. The van der Waals surface area contributed by atoms with Crippen LogP contribution < -0.4 is 5.32 Å². The van der Waals surface area contributed by atoms with Gasteiger partial charge in [0.25, 0.3) is 5.91 Å². The van der Waals surface area contributed by atoms with Crippen LogP contribution in [0.4, 0.5) is 0 Å². The molecule has 2 heterocycles. The summed E-state index contributed by atoms with van der Waals surface area (Å²) in [7, 11) is -0.412. The van der Waals surface area contributed by atoms with Gasteiger partial charge in [0, 0.05) is 31.6 Å². The molecule has 1 aromatic heterocycles. The van der Waals surface area contributed by atoms with E-state index in [1.807, 2.05) is 30.3 Å². The third-order valence-corrected chi connectivity index (χ3v) is 6.26. The van der Waals surface area contributed by atoms with Crippen LogP contribution in [0.3, 0.4) is 0 Å². The Balaban J connectivity index is 1.67. The Morgan fingerprint density at radius 1 is 1.27 bits per heavy atom. The summed E-state index contributed by atoms with van der Waals surface area (Å²) in [4.78, 5) is 12.4. The van der Waals surface area contributed by atoms with Crippen LogP contribution in [-0.2, 0) is 14.8 Å². The first-order valence-electron chi connectivity index (χ1n) is 8.18. The molecule has 0 bridgehead atoms. The molecule has 0 aliphatic carbocycles. The molecule has 2 aromatic rings.